The first kappa shape index (κ1) is 11.5. The second-order valence-electron chi connectivity index (χ2n) is 3.23. The zero-order valence-electron chi connectivity index (χ0n) is 8.71. The topological polar surface area (TPSA) is 12.5 Å². The Bertz CT molecular complexity index is 121. The average Bonchev–Trinajstić information content (AvgIpc) is 2.01. The summed E-state index contributed by atoms with van der Waals surface area (Å²) in [7, 11) is 4.02. The van der Waals surface area contributed by atoms with Gasteiger partial charge in [0.25, 0.3) is 0 Å². The fraction of sp³-hybridized carbons (Fsp3) is 0.800. The molecule has 0 aromatic carbocycles. The van der Waals surface area contributed by atoms with Crippen LogP contribution in [-0.4, -0.2) is 31.7 Å². The van der Waals surface area contributed by atoms with Crippen molar-refractivity contribution in [1.29, 1.82) is 0 Å². The minimum absolute atomic E-state index is 0.235. The van der Waals surface area contributed by atoms with Gasteiger partial charge in [-0.15, -0.1) is 0 Å². The maximum absolute atomic E-state index is 5.52. The van der Waals surface area contributed by atoms with Crippen molar-refractivity contribution in [2.24, 2.45) is 0 Å². The standard InChI is InChI=1S/C10H21NO/c1-5-6-9-12-10(2)7-8-11(3)4/h7-8,10H,5-6,9H2,1-4H3/b8-7+. The molecule has 0 aliphatic carbocycles. The first-order valence-corrected chi connectivity index (χ1v) is 4.63. The molecular weight excluding hydrogens is 150 g/mol. The minimum Gasteiger partial charge on any atom is -0.384 e. The van der Waals surface area contributed by atoms with E-state index in [9.17, 15) is 0 Å². The number of unbranched alkanes of at least 4 members (excludes halogenated alkanes) is 1. The zero-order valence-corrected chi connectivity index (χ0v) is 8.71. The van der Waals surface area contributed by atoms with Crippen molar-refractivity contribution in [3.63, 3.8) is 0 Å². The van der Waals surface area contributed by atoms with E-state index in [2.05, 4.69) is 19.9 Å². The molecule has 0 bridgehead atoms. The summed E-state index contributed by atoms with van der Waals surface area (Å²) in [6.45, 7) is 5.11. The number of hydrogen-bond donors (Lipinski definition) is 0. The highest BCUT2D eigenvalue weighted by molar-refractivity contribution is 4.85. The second kappa shape index (κ2) is 7.17. The van der Waals surface area contributed by atoms with Crippen molar-refractivity contribution in [2.45, 2.75) is 32.8 Å². The lowest BCUT2D eigenvalue weighted by Crippen LogP contribution is -2.08. The zero-order chi connectivity index (χ0) is 9.40. The molecule has 0 fully saturated rings. The van der Waals surface area contributed by atoms with Gasteiger partial charge in [0, 0.05) is 20.7 Å². The van der Waals surface area contributed by atoms with E-state index in [-0.39, 0.29) is 6.10 Å². The Hall–Kier alpha value is -0.500. The van der Waals surface area contributed by atoms with Gasteiger partial charge in [-0.1, -0.05) is 13.3 Å². The minimum atomic E-state index is 0.235. The molecule has 0 aromatic heterocycles. The average molecular weight is 171 g/mol. The van der Waals surface area contributed by atoms with Gasteiger partial charge in [-0.25, -0.2) is 0 Å². The van der Waals surface area contributed by atoms with Crippen LogP contribution in [0.2, 0.25) is 0 Å². The van der Waals surface area contributed by atoms with Crippen LogP contribution in [0.3, 0.4) is 0 Å². The van der Waals surface area contributed by atoms with Crippen LogP contribution >= 0.6 is 0 Å². The Morgan fingerprint density at radius 2 is 2.08 bits per heavy atom. The smallest absolute Gasteiger partial charge is 0.0744 e. The molecule has 1 unspecified atom stereocenters. The summed E-state index contributed by atoms with van der Waals surface area (Å²) < 4.78 is 5.52. The molecule has 2 nitrogen and oxygen atoms in total. The Kier molecular flexibility index (Phi) is 6.87. The predicted octanol–water partition coefficient (Wildman–Crippen LogP) is 2.27. The van der Waals surface area contributed by atoms with Crippen molar-refractivity contribution >= 4 is 0 Å². The molecule has 0 amide bonds. The largest absolute Gasteiger partial charge is 0.384 e. The fourth-order valence-electron chi connectivity index (χ4n) is 0.762. The lowest BCUT2D eigenvalue weighted by molar-refractivity contribution is 0.0943. The molecule has 0 N–H and O–H groups in total. The summed E-state index contributed by atoms with van der Waals surface area (Å²) in [5.41, 5.74) is 0. The van der Waals surface area contributed by atoms with E-state index in [0.29, 0.717) is 0 Å². The first-order valence-electron chi connectivity index (χ1n) is 4.63. The van der Waals surface area contributed by atoms with Crippen molar-refractivity contribution in [2.75, 3.05) is 20.7 Å². The van der Waals surface area contributed by atoms with E-state index in [1.165, 1.54) is 6.42 Å². The Morgan fingerprint density at radius 3 is 2.58 bits per heavy atom. The summed E-state index contributed by atoms with van der Waals surface area (Å²) in [6, 6.07) is 0. The molecule has 0 rings (SSSR count). The molecular formula is C10H21NO. The molecule has 72 valence electrons. The van der Waals surface area contributed by atoms with Crippen LogP contribution in [0, 0.1) is 0 Å². The van der Waals surface area contributed by atoms with Crippen LogP contribution in [0.1, 0.15) is 26.7 Å². The molecule has 0 saturated heterocycles. The molecule has 0 heterocycles. The third kappa shape index (κ3) is 7.61. The summed E-state index contributed by atoms with van der Waals surface area (Å²) in [6.07, 6.45) is 6.68. The lowest BCUT2D eigenvalue weighted by Gasteiger charge is -2.09. The third-order valence-corrected chi connectivity index (χ3v) is 1.53. The van der Waals surface area contributed by atoms with Crippen molar-refractivity contribution in [3.8, 4) is 0 Å². The summed E-state index contributed by atoms with van der Waals surface area (Å²) in [4.78, 5) is 2.01. The highest BCUT2D eigenvalue weighted by Gasteiger charge is 1.94. The second-order valence-corrected chi connectivity index (χ2v) is 3.23. The molecule has 1 atom stereocenters. The highest BCUT2D eigenvalue weighted by atomic mass is 16.5. The first-order chi connectivity index (χ1) is 5.66. The monoisotopic (exact) mass is 171 g/mol. The maximum Gasteiger partial charge on any atom is 0.0744 e. The van der Waals surface area contributed by atoms with Crippen molar-refractivity contribution in [3.05, 3.63) is 12.3 Å². The summed E-state index contributed by atoms with van der Waals surface area (Å²) >= 11 is 0. The van der Waals surface area contributed by atoms with Gasteiger partial charge in [-0.2, -0.15) is 0 Å². The van der Waals surface area contributed by atoms with E-state index >= 15 is 0 Å². The van der Waals surface area contributed by atoms with E-state index < -0.39 is 0 Å². The van der Waals surface area contributed by atoms with E-state index in [4.69, 9.17) is 4.74 Å². The number of ether oxygens (including phenoxy) is 1. The number of nitrogens with zero attached hydrogens (tertiary/aromatic N) is 1. The summed E-state index contributed by atoms with van der Waals surface area (Å²) in [5, 5.41) is 0. The SMILES string of the molecule is CCCCOC(C)/C=C/N(C)C. The quantitative estimate of drug-likeness (QED) is 0.568. The molecule has 12 heavy (non-hydrogen) atoms. The van der Waals surface area contributed by atoms with Gasteiger partial charge in [0.2, 0.25) is 0 Å². The predicted molar refractivity (Wildman–Crippen MR) is 53.1 cm³/mol. The van der Waals surface area contributed by atoms with Gasteiger partial charge in [0.15, 0.2) is 0 Å². The summed E-state index contributed by atoms with van der Waals surface area (Å²) in [5.74, 6) is 0. The molecule has 0 saturated carbocycles. The van der Waals surface area contributed by atoms with Crippen LogP contribution in [0.25, 0.3) is 0 Å². The Morgan fingerprint density at radius 1 is 1.42 bits per heavy atom. The lowest BCUT2D eigenvalue weighted by atomic mass is 10.3. The Labute approximate surface area is 76.2 Å². The van der Waals surface area contributed by atoms with Gasteiger partial charge in [-0.05, 0) is 25.6 Å². The van der Waals surface area contributed by atoms with Gasteiger partial charge in [0.1, 0.15) is 0 Å². The van der Waals surface area contributed by atoms with E-state index in [0.717, 1.165) is 13.0 Å². The molecule has 2 heteroatoms. The Balaban J connectivity index is 3.38. The van der Waals surface area contributed by atoms with Crippen LogP contribution in [0.4, 0.5) is 0 Å². The molecule has 0 aliphatic rings. The van der Waals surface area contributed by atoms with Crippen LogP contribution in [-0.2, 0) is 4.74 Å². The van der Waals surface area contributed by atoms with Crippen molar-refractivity contribution in [1.82, 2.24) is 4.90 Å². The normalized spacial score (nSPS) is 13.7. The van der Waals surface area contributed by atoms with Gasteiger partial charge in [0.05, 0.1) is 6.10 Å². The maximum atomic E-state index is 5.52. The van der Waals surface area contributed by atoms with Crippen molar-refractivity contribution < 1.29 is 4.74 Å². The number of hydrogen-bond acceptors (Lipinski definition) is 2. The highest BCUT2D eigenvalue weighted by Crippen LogP contribution is 1.96. The van der Waals surface area contributed by atoms with E-state index in [1.807, 2.05) is 25.2 Å². The molecule has 0 spiro atoms. The van der Waals surface area contributed by atoms with Gasteiger partial charge >= 0.3 is 0 Å². The number of rotatable bonds is 6. The van der Waals surface area contributed by atoms with Crippen LogP contribution < -0.4 is 0 Å². The molecule has 0 aromatic rings. The third-order valence-electron chi connectivity index (χ3n) is 1.53. The van der Waals surface area contributed by atoms with Crippen LogP contribution in [0.15, 0.2) is 12.3 Å². The van der Waals surface area contributed by atoms with E-state index in [1.54, 1.807) is 0 Å². The van der Waals surface area contributed by atoms with Gasteiger partial charge < -0.3 is 9.64 Å². The molecule has 0 aliphatic heterocycles. The molecule has 0 radical (unpaired) electrons. The van der Waals surface area contributed by atoms with Crippen LogP contribution in [0.5, 0.6) is 0 Å². The fourth-order valence-corrected chi connectivity index (χ4v) is 0.762. The van der Waals surface area contributed by atoms with Gasteiger partial charge in [-0.3, -0.25) is 0 Å².